The average molecular weight is 375 g/mol. The number of urea groups is 1. The lowest BCUT2D eigenvalue weighted by Gasteiger charge is -2.09. The molecule has 2 aromatic heterocycles. The normalized spacial score (nSPS) is 10.8. The summed E-state index contributed by atoms with van der Waals surface area (Å²) in [6.45, 7) is 0.417. The number of benzene rings is 2. The Hall–Kier alpha value is -3.74. The third kappa shape index (κ3) is 3.98. The number of pyridine rings is 1. The Bertz CT molecular complexity index is 1100. The lowest BCUT2D eigenvalue weighted by molar-refractivity contribution is 0.252. The summed E-state index contributed by atoms with van der Waals surface area (Å²) in [5.74, 6) is 0.464. The number of aromatic nitrogens is 3. The summed E-state index contributed by atoms with van der Waals surface area (Å²) in [5, 5.41) is 6.60. The number of aromatic amines is 1. The molecule has 0 saturated carbocycles. The summed E-state index contributed by atoms with van der Waals surface area (Å²) >= 11 is 0. The summed E-state index contributed by atoms with van der Waals surface area (Å²) in [5.41, 5.74) is 3.07. The van der Waals surface area contributed by atoms with Crippen LogP contribution in [0.5, 0.6) is 0 Å². The number of carbonyl (C=O) groups excluding carboxylic acids is 1. The minimum atomic E-state index is -0.302. The molecule has 0 radical (unpaired) electrons. The molecule has 0 bridgehead atoms. The Morgan fingerprint density at radius 2 is 1.86 bits per heavy atom. The number of H-pyrrole nitrogens is 1. The van der Waals surface area contributed by atoms with E-state index in [0.29, 0.717) is 18.7 Å². The SMILES string of the molecule is O=C(NCCc1ncc(-c2ccc(F)cc2)[nH]1)Nc1cccc2cccnc12. The molecule has 2 aromatic carbocycles. The lowest BCUT2D eigenvalue weighted by Crippen LogP contribution is -2.30. The molecule has 0 spiro atoms. The van der Waals surface area contributed by atoms with Crippen LogP contribution in [0.1, 0.15) is 5.82 Å². The average Bonchev–Trinajstić information content (AvgIpc) is 3.18. The monoisotopic (exact) mass is 375 g/mol. The first-order chi connectivity index (χ1) is 13.7. The highest BCUT2D eigenvalue weighted by molar-refractivity contribution is 5.99. The van der Waals surface area contributed by atoms with Gasteiger partial charge in [-0.15, -0.1) is 0 Å². The second-order valence-corrected chi connectivity index (χ2v) is 6.26. The number of hydrogen-bond acceptors (Lipinski definition) is 3. The molecule has 0 aliphatic rings. The molecule has 4 rings (SSSR count). The number of imidazole rings is 1. The number of fused-ring (bicyclic) bond motifs is 1. The van der Waals surface area contributed by atoms with Crippen LogP contribution < -0.4 is 10.6 Å². The number of hydrogen-bond donors (Lipinski definition) is 3. The van der Waals surface area contributed by atoms with Gasteiger partial charge >= 0.3 is 6.03 Å². The van der Waals surface area contributed by atoms with Crippen molar-refractivity contribution in [1.29, 1.82) is 0 Å². The van der Waals surface area contributed by atoms with Gasteiger partial charge in [0.25, 0.3) is 0 Å². The maximum atomic E-state index is 13.0. The zero-order valence-corrected chi connectivity index (χ0v) is 14.9. The standard InChI is InChI=1S/C21H18FN5O/c22-16-8-6-14(7-9-16)18-13-25-19(26-18)10-12-24-21(28)27-17-5-1-3-15-4-2-11-23-20(15)17/h1-9,11,13H,10,12H2,(H,25,26)(H2,24,27,28). The highest BCUT2D eigenvalue weighted by Gasteiger charge is 2.07. The first kappa shape index (κ1) is 17.7. The van der Waals surface area contributed by atoms with Gasteiger partial charge < -0.3 is 15.6 Å². The fourth-order valence-electron chi connectivity index (χ4n) is 2.93. The lowest BCUT2D eigenvalue weighted by atomic mass is 10.2. The number of amides is 2. The smallest absolute Gasteiger partial charge is 0.319 e. The van der Waals surface area contributed by atoms with Crippen LogP contribution in [-0.4, -0.2) is 27.5 Å². The fraction of sp³-hybridized carbons (Fsp3) is 0.0952. The van der Waals surface area contributed by atoms with Gasteiger partial charge in [-0.05, 0) is 42.0 Å². The Morgan fingerprint density at radius 1 is 1.04 bits per heavy atom. The van der Waals surface area contributed by atoms with Gasteiger partial charge in [-0.1, -0.05) is 18.2 Å². The first-order valence-electron chi connectivity index (χ1n) is 8.87. The Labute approximate surface area is 160 Å². The van der Waals surface area contributed by atoms with E-state index in [9.17, 15) is 9.18 Å². The quantitative estimate of drug-likeness (QED) is 0.490. The van der Waals surface area contributed by atoms with Gasteiger partial charge in [-0.3, -0.25) is 4.98 Å². The summed E-state index contributed by atoms with van der Waals surface area (Å²) in [6.07, 6.45) is 3.94. The van der Waals surface area contributed by atoms with Crippen LogP contribution in [0.2, 0.25) is 0 Å². The van der Waals surface area contributed by atoms with Crippen LogP contribution in [0.25, 0.3) is 22.2 Å². The molecule has 4 aromatic rings. The molecule has 0 atom stereocenters. The molecule has 2 amide bonds. The molecular formula is C21H18FN5O. The van der Waals surface area contributed by atoms with Crippen molar-refractivity contribution in [1.82, 2.24) is 20.3 Å². The van der Waals surface area contributed by atoms with E-state index in [1.807, 2.05) is 30.3 Å². The number of para-hydroxylation sites is 1. The molecule has 6 nitrogen and oxygen atoms in total. The molecule has 7 heteroatoms. The van der Waals surface area contributed by atoms with E-state index in [4.69, 9.17) is 0 Å². The predicted molar refractivity (Wildman–Crippen MR) is 106 cm³/mol. The van der Waals surface area contributed by atoms with E-state index in [1.165, 1.54) is 12.1 Å². The van der Waals surface area contributed by atoms with Crippen LogP contribution in [0.4, 0.5) is 14.9 Å². The highest BCUT2D eigenvalue weighted by atomic mass is 19.1. The third-order valence-electron chi connectivity index (χ3n) is 4.31. The summed E-state index contributed by atoms with van der Waals surface area (Å²) in [6, 6.07) is 15.3. The molecule has 0 aliphatic heterocycles. The number of rotatable bonds is 5. The summed E-state index contributed by atoms with van der Waals surface area (Å²) in [4.78, 5) is 24.0. The minimum Gasteiger partial charge on any atom is -0.342 e. The predicted octanol–water partition coefficient (Wildman–Crippen LogP) is 4.13. The van der Waals surface area contributed by atoms with Gasteiger partial charge in [0.2, 0.25) is 0 Å². The molecule has 0 saturated heterocycles. The van der Waals surface area contributed by atoms with Crippen LogP contribution in [0.15, 0.2) is 67.0 Å². The van der Waals surface area contributed by atoms with Crippen molar-refractivity contribution in [2.75, 3.05) is 11.9 Å². The largest absolute Gasteiger partial charge is 0.342 e. The van der Waals surface area contributed by atoms with Gasteiger partial charge in [0.05, 0.1) is 23.1 Å². The molecule has 3 N–H and O–H groups in total. The molecule has 0 unspecified atom stereocenters. The summed E-state index contributed by atoms with van der Waals surface area (Å²) in [7, 11) is 0. The Morgan fingerprint density at radius 3 is 2.71 bits per heavy atom. The van der Waals surface area contributed by atoms with Gasteiger partial charge in [-0.2, -0.15) is 0 Å². The van der Waals surface area contributed by atoms with Crippen molar-refractivity contribution >= 4 is 22.6 Å². The van der Waals surface area contributed by atoms with Crippen molar-refractivity contribution in [2.45, 2.75) is 6.42 Å². The van der Waals surface area contributed by atoms with E-state index >= 15 is 0 Å². The Kier molecular flexibility index (Phi) is 4.97. The van der Waals surface area contributed by atoms with Crippen LogP contribution >= 0.6 is 0 Å². The van der Waals surface area contributed by atoms with E-state index in [1.54, 1.807) is 24.5 Å². The van der Waals surface area contributed by atoms with Crippen molar-refractivity contribution in [2.24, 2.45) is 0 Å². The first-order valence-corrected chi connectivity index (χ1v) is 8.87. The molecule has 0 fully saturated rings. The van der Waals surface area contributed by atoms with E-state index < -0.39 is 0 Å². The molecule has 0 aliphatic carbocycles. The van der Waals surface area contributed by atoms with Crippen LogP contribution in [0.3, 0.4) is 0 Å². The van der Waals surface area contributed by atoms with E-state index in [-0.39, 0.29) is 11.8 Å². The Balaban J connectivity index is 1.33. The van der Waals surface area contributed by atoms with Gasteiger partial charge in [-0.25, -0.2) is 14.2 Å². The second-order valence-electron chi connectivity index (χ2n) is 6.26. The van der Waals surface area contributed by atoms with E-state index in [0.717, 1.165) is 28.0 Å². The molecule has 28 heavy (non-hydrogen) atoms. The summed E-state index contributed by atoms with van der Waals surface area (Å²) < 4.78 is 13.0. The number of anilines is 1. The van der Waals surface area contributed by atoms with Crippen LogP contribution in [-0.2, 0) is 6.42 Å². The molecular weight excluding hydrogens is 357 g/mol. The molecule has 140 valence electrons. The highest BCUT2D eigenvalue weighted by Crippen LogP contribution is 2.20. The third-order valence-corrected chi connectivity index (χ3v) is 4.31. The number of halogens is 1. The maximum absolute atomic E-state index is 13.0. The fourth-order valence-corrected chi connectivity index (χ4v) is 2.93. The van der Waals surface area contributed by atoms with Gasteiger partial charge in [0, 0.05) is 24.5 Å². The van der Waals surface area contributed by atoms with Crippen molar-refractivity contribution in [3.63, 3.8) is 0 Å². The van der Waals surface area contributed by atoms with Gasteiger partial charge in [0.15, 0.2) is 0 Å². The minimum absolute atomic E-state index is 0.278. The van der Waals surface area contributed by atoms with Crippen molar-refractivity contribution in [3.05, 3.63) is 78.6 Å². The van der Waals surface area contributed by atoms with E-state index in [2.05, 4.69) is 25.6 Å². The number of carbonyl (C=O) groups is 1. The zero-order valence-electron chi connectivity index (χ0n) is 14.9. The molecule has 2 heterocycles. The van der Waals surface area contributed by atoms with Crippen molar-refractivity contribution < 1.29 is 9.18 Å². The van der Waals surface area contributed by atoms with Crippen molar-refractivity contribution in [3.8, 4) is 11.3 Å². The zero-order chi connectivity index (χ0) is 19.3. The van der Waals surface area contributed by atoms with Gasteiger partial charge in [0.1, 0.15) is 11.6 Å². The van der Waals surface area contributed by atoms with Crippen LogP contribution in [0, 0.1) is 5.82 Å². The number of nitrogens with zero attached hydrogens (tertiary/aromatic N) is 2. The number of nitrogens with one attached hydrogen (secondary N) is 3. The maximum Gasteiger partial charge on any atom is 0.319 e. The second kappa shape index (κ2) is 7.87. The topological polar surface area (TPSA) is 82.7 Å².